The number of aromatic nitrogens is 3. The molecular formula is C22H29ClN4O2S. The Labute approximate surface area is 187 Å². The lowest BCUT2D eigenvalue weighted by Gasteiger charge is -2.34. The summed E-state index contributed by atoms with van der Waals surface area (Å²) in [6, 6.07) is 7.43. The van der Waals surface area contributed by atoms with Crippen LogP contribution in [0, 0.1) is 11.8 Å². The van der Waals surface area contributed by atoms with Crippen molar-refractivity contribution in [2.75, 3.05) is 5.75 Å². The Bertz CT molecular complexity index is 855. The Kier molecular flexibility index (Phi) is 8.22. The number of halogens is 1. The first-order valence-electron chi connectivity index (χ1n) is 10.3. The highest BCUT2D eigenvalue weighted by Crippen LogP contribution is 2.29. The number of benzene rings is 1. The van der Waals surface area contributed by atoms with Gasteiger partial charge >= 0.3 is 0 Å². The molecule has 0 aliphatic heterocycles. The summed E-state index contributed by atoms with van der Waals surface area (Å²) in [6.45, 7) is 9.13. The highest BCUT2D eigenvalue weighted by molar-refractivity contribution is 7.99. The number of hydrogen-bond donors (Lipinski definition) is 1. The molecule has 0 unspecified atom stereocenters. The highest BCUT2D eigenvalue weighted by Gasteiger charge is 2.28. The Morgan fingerprint density at radius 3 is 2.83 bits per heavy atom. The molecular weight excluding hydrogens is 420 g/mol. The Morgan fingerprint density at radius 2 is 2.10 bits per heavy atom. The van der Waals surface area contributed by atoms with Crippen LogP contribution in [0.3, 0.4) is 0 Å². The highest BCUT2D eigenvalue weighted by atomic mass is 35.5. The number of carbonyl (C=O) groups excluding carboxylic acids is 1. The molecule has 1 saturated carbocycles. The van der Waals surface area contributed by atoms with Gasteiger partial charge in [-0.2, -0.15) is 0 Å². The molecule has 0 spiro atoms. The first-order chi connectivity index (χ1) is 14.5. The standard InChI is InChI=1S/C22H29ClN4O2S/c1-4-12-27-20(13-29-18-10-8-17(23)9-11-18)25-26-22(27)30-14-21(28)24-19-7-5-6-15(2)16(19)3/h4,8-11,15-16,19H,1,5-7,12-14H2,2-3H3,(H,24,28)/t15-,16-,19-/m1/s1. The number of hydrogen-bond acceptors (Lipinski definition) is 5. The van der Waals surface area contributed by atoms with E-state index in [-0.39, 0.29) is 18.6 Å². The van der Waals surface area contributed by atoms with E-state index in [9.17, 15) is 4.79 Å². The second-order valence-electron chi connectivity index (χ2n) is 7.77. The monoisotopic (exact) mass is 448 g/mol. The van der Waals surface area contributed by atoms with Crippen LogP contribution in [0.4, 0.5) is 0 Å². The van der Waals surface area contributed by atoms with Gasteiger partial charge in [-0.15, -0.1) is 16.8 Å². The third-order valence-electron chi connectivity index (χ3n) is 5.67. The van der Waals surface area contributed by atoms with Crippen molar-refractivity contribution in [3.8, 4) is 5.75 Å². The number of carbonyl (C=O) groups is 1. The molecule has 8 heteroatoms. The molecule has 1 aromatic carbocycles. The average molecular weight is 449 g/mol. The molecule has 1 aromatic heterocycles. The summed E-state index contributed by atoms with van der Waals surface area (Å²) in [5, 5.41) is 13.0. The number of nitrogens with one attached hydrogen (secondary N) is 1. The van der Waals surface area contributed by atoms with Gasteiger partial charge in [-0.1, -0.05) is 56.1 Å². The van der Waals surface area contributed by atoms with E-state index in [1.54, 1.807) is 18.2 Å². The first kappa shape index (κ1) is 22.7. The van der Waals surface area contributed by atoms with E-state index >= 15 is 0 Å². The van der Waals surface area contributed by atoms with Gasteiger partial charge < -0.3 is 10.1 Å². The maximum Gasteiger partial charge on any atom is 0.230 e. The molecule has 1 fully saturated rings. The minimum absolute atomic E-state index is 0.0399. The molecule has 1 amide bonds. The minimum Gasteiger partial charge on any atom is -0.486 e. The van der Waals surface area contributed by atoms with Gasteiger partial charge in [-0.3, -0.25) is 9.36 Å². The third kappa shape index (κ3) is 6.01. The fourth-order valence-electron chi connectivity index (χ4n) is 3.69. The van der Waals surface area contributed by atoms with Crippen LogP contribution in [-0.2, 0) is 17.9 Å². The summed E-state index contributed by atoms with van der Waals surface area (Å²) in [7, 11) is 0. The largest absolute Gasteiger partial charge is 0.486 e. The third-order valence-corrected chi connectivity index (χ3v) is 6.89. The molecule has 3 atom stereocenters. The smallest absolute Gasteiger partial charge is 0.230 e. The Balaban J connectivity index is 1.56. The molecule has 1 N–H and O–H groups in total. The second kappa shape index (κ2) is 10.9. The van der Waals surface area contributed by atoms with E-state index in [1.807, 2.05) is 16.7 Å². The van der Waals surface area contributed by atoms with Crippen LogP contribution in [0.15, 0.2) is 42.1 Å². The van der Waals surface area contributed by atoms with Gasteiger partial charge in [0.2, 0.25) is 5.91 Å². The van der Waals surface area contributed by atoms with Gasteiger partial charge in [0.25, 0.3) is 0 Å². The minimum atomic E-state index is 0.0399. The molecule has 1 aliphatic rings. The quantitative estimate of drug-likeness (QED) is 0.443. The summed E-state index contributed by atoms with van der Waals surface area (Å²) in [5.41, 5.74) is 0. The van der Waals surface area contributed by atoms with E-state index in [0.717, 1.165) is 6.42 Å². The maximum atomic E-state index is 12.5. The predicted octanol–water partition coefficient (Wildman–Crippen LogP) is 4.73. The summed E-state index contributed by atoms with van der Waals surface area (Å²) < 4.78 is 7.71. The SMILES string of the molecule is C=CCn1c(COc2ccc(Cl)cc2)nnc1SCC(=O)N[C@@H]1CCC[C@@H](C)[C@H]1C. The van der Waals surface area contributed by atoms with Crippen LogP contribution in [0.5, 0.6) is 5.75 Å². The average Bonchev–Trinajstić information content (AvgIpc) is 3.11. The first-order valence-corrected chi connectivity index (χ1v) is 11.7. The zero-order valence-corrected chi connectivity index (χ0v) is 19.1. The molecule has 0 saturated heterocycles. The van der Waals surface area contributed by atoms with Crippen LogP contribution in [0.25, 0.3) is 0 Å². The summed E-state index contributed by atoms with van der Waals surface area (Å²) in [5.74, 6) is 2.90. The van der Waals surface area contributed by atoms with E-state index in [0.29, 0.717) is 45.9 Å². The number of thioether (sulfide) groups is 1. The number of allylic oxidation sites excluding steroid dienone is 1. The van der Waals surface area contributed by atoms with E-state index in [4.69, 9.17) is 16.3 Å². The zero-order valence-electron chi connectivity index (χ0n) is 17.5. The number of amides is 1. The molecule has 6 nitrogen and oxygen atoms in total. The molecule has 30 heavy (non-hydrogen) atoms. The van der Waals surface area contributed by atoms with Crippen molar-refractivity contribution < 1.29 is 9.53 Å². The summed E-state index contributed by atoms with van der Waals surface area (Å²) in [4.78, 5) is 12.5. The molecule has 3 rings (SSSR count). The maximum absolute atomic E-state index is 12.5. The Morgan fingerprint density at radius 1 is 1.33 bits per heavy atom. The van der Waals surface area contributed by atoms with E-state index < -0.39 is 0 Å². The van der Waals surface area contributed by atoms with E-state index in [2.05, 4.69) is 35.9 Å². The molecule has 1 heterocycles. The van der Waals surface area contributed by atoms with Gasteiger partial charge in [0.05, 0.1) is 5.75 Å². The number of rotatable bonds is 9. The topological polar surface area (TPSA) is 69.0 Å². The van der Waals surface area contributed by atoms with E-state index in [1.165, 1.54) is 24.6 Å². The van der Waals surface area contributed by atoms with Crippen molar-refractivity contribution >= 4 is 29.3 Å². The fraction of sp³-hybridized carbons (Fsp3) is 0.500. The van der Waals surface area contributed by atoms with Gasteiger partial charge in [-0.05, 0) is 42.5 Å². The van der Waals surface area contributed by atoms with Crippen molar-refractivity contribution in [1.29, 1.82) is 0 Å². The normalized spacial score (nSPS) is 21.2. The fourth-order valence-corrected chi connectivity index (χ4v) is 4.59. The van der Waals surface area contributed by atoms with Gasteiger partial charge in [0.15, 0.2) is 11.0 Å². The van der Waals surface area contributed by atoms with Crippen molar-refractivity contribution in [3.05, 3.63) is 47.8 Å². The lowest BCUT2D eigenvalue weighted by Crippen LogP contribution is -2.44. The number of ether oxygens (including phenoxy) is 1. The van der Waals surface area contributed by atoms with Crippen LogP contribution in [0.1, 0.15) is 38.9 Å². The van der Waals surface area contributed by atoms with Crippen LogP contribution < -0.4 is 10.1 Å². The summed E-state index contributed by atoms with van der Waals surface area (Å²) >= 11 is 7.29. The van der Waals surface area contributed by atoms with Crippen molar-refractivity contribution in [2.24, 2.45) is 11.8 Å². The molecule has 0 bridgehead atoms. The second-order valence-corrected chi connectivity index (χ2v) is 9.15. The van der Waals surface area contributed by atoms with Crippen LogP contribution in [0.2, 0.25) is 5.02 Å². The summed E-state index contributed by atoms with van der Waals surface area (Å²) in [6.07, 6.45) is 5.26. The zero-order chi connectivity index (χ0) is 21.5. The van der Waals surface area contributed by atoms with Crippen molar-refractivity contribution in [1.82, 2.24) is 20.1 Å². The lowest BCUT2D eigenvalue weighted by atomic mass is 9.78. The van der Waals surface area contributed by atoms with Crippen molar-refractivity contribution in [2.45, 2.75) is 57.5 Å². The van der Waals surface area contributed by atoms with Crippen LogP contribution in [-0.4, -0.2) is 32.5 Å². The van der Waals surface area contributed by atoms with Gasteiger partial charge in [-0.25, -0.2) is 0 Å². The van der Waals surface area contributed by atoms with Gasteiger partial charge in [0.1, 0.15) is 12.4 Å². The molecule has 162 valence electrons. The predicted molar refractivity (Wildman–Crippen MR) is 121 cm³/mol. The van der Waals surface area contributed by atoms with Gasteiger partial charge in [0, 0.05) is 17.6 Å². The van der Waals surface area contributed by atoms with Crippen molar-refractivity contribution in [3.63, 3.8) is 0 Å². The lowest BCUT2D eigenvalue weighted by molar-refractivity contribution is -0.120. The molecule has 0 radical (unpaired) electrons. The molecule has 2 aromatic rings. The van der Waals surface area contributed by atoms with Crippen LogP contribution >= 0.6 is 23.4 Å². The number of nitrogens with zero attached hydrogens (tertiary/aromatic N) is 3. The molecule has 1 aliphatic carbocycles. The Hall–Kier alpha value is -1.99.